The first-order chi connectivity index (χ1) is 10.9. The number of alkyl halides is 3. The molecule has 1 aromatic carbocycles. The fourth-order valence-corrected chi connectivity index (χ4v) is 2.95. The van der Waals surface area contributed by atoms with Crippen molar-refractivity contribution in [3.8, 4) is 6.07 Å². The smallest absolute Gasteiger partial charge is 0.384 e. The third-order valence-corrected chi connectivity index (χ3v) is 4.26. The van der Waals surface area contributed by atoms with Gasteiger partial charge in [-0.2, -0.15) is 18.4 Å². The zero-order valence-corrected chi connectivity index (χ0v) is 12.4. The summed E-state index contributed by atoms with van der Waals surface area (Å²) >= 11 is 0. The van der Waals surface area contributed by atoms with E-state index < -0.39 is 11.7 Å². The molecule has 0 spiro atoms. The molecule has 1 saturated heterocycles. The van der Waals surface area contributed by atoms with E-state index >= 15 is 0 Å². The fraction of sp³-hybridized carbons (Fsp3) is 0.500. The Kier molecular flexibility index (Phi) is 3.92. The minimum atomic E-state index is -4.48. The summed E-state index contributed by atoms with van der Waals surface area (Å²) in [4.78, 5) is 13.7. The van der Waals surface area contributed by atoms with Gasteiger partial charge >= 0.3 is 6.18 Å². The summed E-state index contributed by atoms with van der Waals surface area (Å²) < 4.78 is 39.1. The standard InChI is InChI=1S/C16H16F3N3O/c17-16(18,19)13-4-1-10(7-20)5-14(13)21-8-11-6-15(23)22(9-11)12-2-3-12/h1,4-5,11-12,21H,2-3,6,8-9H2/t11-/m0/s1. The second-order valence-electron chi connectivity index (χ2n) is 6.10. The number of likely N-dealkylation sites (tertiary alicyclic amines) is 1. The van der Waals surface area contributed by atoms with Gasteiger partial charge < -0.3 is 10.2 Å². The van der Waals surface area contributed by atoms with Gasteiger partial charge in [-0.25, -0.2) is 0 Å². The molecule has 1 atom stereocenters. The van der Waals surface area contributed by atoms with Crippen LogP contribution in [-0.2, 0) is 11.0 Å². The molecule has 23 heavy (non-hydrogen) atoms. The molecule has 0 bridgehead atoms. The highest BCUT2D eigenvalue weighted by Crippen LogP contribution is 2.36. The first-order valence-corrected chi connectivity index (χ1v) is 7.53. The Hall–Kier alpha value is -2.23. The number of nitrogens with zero attached hydrogens (tertiary/aromatic N) is 2. The number of anilines is 1. The molecule has 1 aromatic rings. The van der Waals surface area contributed by atoms with Crippen LogP contribution in [-0.4, -0.2) is 29.9 Å². The highest BCUT2D eigenvalue weighted by molar-refractivity contribution is 5.79. The maximum atomic E-state index is 13.0. The summed E-state index contributed by atoms with van der Waals surface area (Å²) in [5.74, 6) is 0.0797. The van der Waals surface area contributed by atoms with E-state index in [1.54, 1.807) is 0 Å². The molecule has 1 saturated carbocycles. The van der Waals surface area contributed by atoms with E-state index in [1.807, 2.05) is 11.0 Å². The molecule has 0 aromatic heterocycles. The normalized spacial score (nSPS) is 21.4. The number of nitrogens with one attached hydrogen (secondary N) is 1. The van der Waals surface area contributed by atoms with Crippen molar-refractivity contribution in [2.24, 2.45) is 5.92 Å². The van der Waals surface area contributed by atoms with Crippen LogP contribution in [0, 0.1) is 17.2 Å². The van der Waals surface area contributed by atoms with Crippen LogP contribution >= 0.6 is 0 Å². The van der Waals surface area contributed by atoms with E-state index in [9.17, 15) is 18.0 Å². The van der Waals surface area contributed by atoms with Crippen LogP contribution in [0.1, 0.15) is 30.4 Å². The maximum absolute atomic E-state index is 13.0. The highest BCUT2D eigenvalue weighted by Gasteiger charge is 2.39. The molecule has 1 aliphatic heterocycles. The molecule has 0 unspecified atom stereocenters. The third kappa shape index (κ3) is 3.41. The van der Waals surface area contributed by atoms with Crippen LogP contribution in [0.15, 0.2) is 18.2 Å². The van der Waals surface area contributed by atoms with Crippen LogP contribution in [0.4, 0.5) is 18.9 Å². The zero-order chi connectivity index (χ0) is 16.6. The number of hydrogen-bond acceptors (Lipinski definition) is 3. The second-order valence-corrected chi connectivity index (χ2v) is 6.10. The molecule has 2 fully saturated rings. The van der Waals surface area contributed by atoms with Gasteiger partial charge in [-0.15, -0.1) is 0 Å². The average Bonchev–Trinajstić information content (AvgIpc) is 3.27. The molecule has 2 aliphatic rings. The van der Waals surface area contributed by atoms with Crippen molar-refractivity contribution in [3.63, 3.8) is 0 Å². The quantitative estimate of drug-likeness (QED) is 0.927. The van der Waals surface area contributed by atoms with Gasteiger partial charge in [0.1, 0.15) is 0 Å². The monoisotopic (exact) mass is 323 g/mol. The molecule has 4 nitrogen and oxygen atoms in total. The van der Waals surface area contributed by atoms with E-state index in [-0.39, 0.29) is 29.6 Å². The Morgan fingerprint density at radius 2 is 2.09 bits per heavy atom. The van der Waals surface area contributed by atoms with Crippen molar-refractivity contribution >= 4 is 11.6 Å². The minimum Gasteiger partial charge on any atom is -0.384 e. The van der Waals surface area contributed by atoms with Crippen molar-refractivity contribution in [3.05, 3.63) is 29.3 Å². The van der Waals surface area contributed by atoms with Crippen molar-refractivity contribution in [1.82, 2.24) is 4.90 Å². The third-order valence-electron chi connectivity index (χ3n) is 4.26. The SMILES string of the molecule is N#Cc1ccc(C(F)(F)F)c(NC[C@@H]2CC(=O)N(C3CC3)C2)c1. The summed E-state index contributed by atoms with van der Waals surface area (Å²) in [5.41, 5.74) is -0.726. The highest BCUT2D eigenvalue weighted by atomic mass is 19.4. The number of benzene rings is 1. The Morgan fingerprint density at radius 1 is 1.35 bits per heavy atom. The topological polar surface area (TPSA) is 56.1 Å². The lowest BCUT2D eigenvalue weighted by molar-refractivity contribution is -0.137. The molecular weight excluding hydrogens is 307 g/mol. The molecule has 1 amide bonds. The van der Waals surface area contributed by atoms with E-state index in [2.05, 4.69) is 5.32 Å². The van der Waals surface area contributed by atoms with Gasteiger partial charge in [-0.05, 0) is 31.0 Å². The minimum absolute atomic E-state index is 0.00470. The molecule has 1 aliphatic carbocycles. The van der Waals surface area contributed by atoms with Crippen LogP contribution in [0.2, 0.25) is 0 Å². The lowest BCUT2D eigenvalue weighted by atomic mass is 10.1. The van der Waals surface area contributed by atoms with Crippen LogP contribution < -0.4 is 5.32 Å². The first-order valence-electron chi connectivity index (χ1n) is 7.53. The van der Waals surface area contributed by atoms with Gasteiger partial charge in [0, 0.05) is 37.2 Å². The Balaban J connectivity index is 1.70. The van der Waals surface area contributed by atoms with E-state index in [0.29, 0.717) is 19.0 Å². The van der Waals surface area contributed by atoms with Crippen LogP contribution in [0.25, 0.3) is 0 Å². The summed E-state index contributed by atoms with van der Waals surface area (Å²) in [6.07, 6.45) is -2.08. The summed E-state index contributed by atoms with van der Waals surface area (Å²) in [6, 6.07) is 5.45. The molecule has 0 radical (unpaired) electrons. The molecule has 1 N–H and O–H groups in total. The number of hydrogen-bond donors (Lipinski definition) is 1. The average molecular weight is 323 g/mol. The van der Waals surface area contributed by atoms with Crippen molar-refractivity contribution in [1.29, 1.82) is 5.26 Å². The number of rotatable bonds is 4. The van der Waals surface area contributed by atoms with Crippen LogP contribution in [0.5, 0.6) is 0 Å². The van der Waals surface area contributed by atoms with Gasteiger partial charge in [0.05, 0.1) is 17.2 Å². The van der Waals surface area contributed by atoms with Gasteiger partial charge in [-0.1, -0.05) is 0 Å². The van der Waals surface area contributed by atoms with Crippen molar-refractivity contribution < 1.29 is 18.0 Å². The van der Waals surface area contributed by atoms with Gasteiger partial charge in [0.15, 0.2) is 0 Å². The zero-order valence-electron chi connectivity index (χ0n) is 12.4. The number of nitriles is 1. The number of carbonyl (C=O) groups excluding carboxylic acids is 1. The van der Waals surface area contributed by atoms with Gasteiger partial charge in [-0.3, -0.25) is 4.79 Å². The Morgan fingerprint density at radius 3 is 2.70 bits per heavy atom. The first kappa shape index (κ1) is 15.7. The molecule has 3 rings (SSSR count). The molecule has 7 heteroatoms. The van der Waals surface area contributed by atoms with E-state index in [4.69, 9.17) is 5.26 Å². The maximum Gasteiger partial charge on any atom is 0.418 e. The fourth-order valence-electron chi connectivity index (χ4n) is 2.95. The Labute approximate surface area is 131 Å². The summed E-state index contributed by atoms with van der Waals surface area (Å²) in [5, 5.41) is 11.6. The predicted octanol–water partition coefficient (Wildman–Crippen LogP) is 3.00. The second kappa shape index (κ2) is 5.76. The Bertz CT molecular complexity index is 662. The van der Waals surface area contributed by atoms with E-state index in [1.165, 1.54) is 6.07 Å². The van der Waals surface area contributed by atoms with Crippen LogP contribution in [0.3, 0.4) is 0 Å². The lowest BCUT2D eigenvalue weighted by Crippen LogP contribution is -2.28. The van der Waals surface area contributed by atoms with Crippen molar-refractivity contribution in [2.75, 3.05) is 18.4 Å². The van der Waals surface area contributed by atoms with Gasteiger partial charge in [0.2, 0.25) is 5.91 Å². The summed E-state index contributed by atoms with van der Waals surface area (Å²) in [7, 11) is 0. The number of amides is 1. The van der Waals surface area contributed by atoms with Crippen molar-refractivity contribution in [2.45, 2.75) is 31.5 Å². The lowest BCUT2D eigenvalue weighted by Gasteiger charge is -2.18. The number of halogens is 3. The van der Waals surface area contributed by atoms with E-state index in [0.717, 1.165) is 25.0 Å². The molecule has 122 valence electrons. The summed E-state index contributed by atoms with van der Waals surface area (Å²) in [6.45, 7) is 0.878. The predicted molar refractivity (Wildman–Crippen MR) is 77.5 cm³/mol. The number of carbonyl (C=O) groups is 1. The van der Waals surface area contributed by atoms with Gasteiger partial charge in [0.25, 0.3) is 0 Å². The molecule has 1 heterocycles. The molecular formula is C16H16F3N3O. The largest absolute Gasteiger partial charge is 0.418 e.